The van der Waals surface area contributed by atoms with E-state index in [1.165, 1.54) is 12.8 Å². The summed E-state index contributed by atoms with van der Waals surface area (Å²) in [6, 6.07) is 0.600. The number of hydrogen-bond acceptors (Lipinski definition) is 4. The molecule has 1 atom stereocenters. The van der Waals surface area contributed by atoms with Gasteiger partial charge in [-0.3, -0.25) is 9.69 Å². The summed E-state index contributed by atoms with van der Waals surface area (Å²) in [5.74, 6) is -0.572. The van der Waals surface area contributed by atoms with Crippen molar-refractivity contribution in [3.05, 3.63) is 0 Å². The van der Waals surface area contributed by atoms with E-state index in [2.05, 4.69) is 9.80 Å². The van der Waals surface area contributed by atoms with E-state index in [1.54, 1.807) is 0 Å². The smallest absolute Gasteiger partial charge is 0.310 e. The van der Waals surface area contributed by atoms with Crippen molar-refractivity contribution in [2.45, 2.75) is 44.6 Å². The molecule has 2 aliphatic heterocycles. The molecular weight excluding hydrogens is 268 g/mol. The molecule has 5 nitrogen and oxygen atoms in total. The number of carboxylic acids is 1. The highest BCUT2D eigenvalue weighted by molar-refractivity contribution is 5.75. The molecule has 0 aromatic carbocycles. The molecule has 0 spiro atoms. The number of likely N-dealkylation sites (tertiary alicyclic amines) is 1. The van der Waals surface area contributed by atoms with Crippen molar-refractivity contribution in [3.63, 3.8) is 0 Å². The van der Waals surface area contributed by atoms with Crippen LogP contribution in [0.1, 0.15) is 38.5 Å². The third kappa shape index (κ3) is 3.41. The summed E-state index contributed by atoms with van der Waals surface area (Å²) in [5, 5.41) is 9.71. The van der Waals surface area contributed by atoms with Gasteiger partial charge in [0.25, 0.3) is 0 Å². The Kier molecular flexibility index (Phi) is 4.82. The Morgan fingerprint density at radius 2 is 1.86 bits per heavy atom. The second kappa shape index (κ2) is 6.63. The Morgan fingerprint density at radius 1 is 1.14 bits per heavy atom. The van der Waals surface area contributed by atoms with E-state index >= 15 is 0 Å². The van der Waals surface area contributed by atoms with Gasteiger partial charge in [0.2, 0.25) is 0 Å². The third-order valence-electron chi connectivity index (χ3n) is 5.60. The van der Waals surface area contributed by atoms with Gasteiger partial charge in [-0.05, 0) is 25.8 Å². The minimum absolute atomic E-state index is 0.474. The molecule has 1 saturated carbocycles. The van der Waals surface area contributed by atoms with Crippen molar-refractivity contribution in [3.8, 4) is 0 Å². The largest absolute Gasteiger partial charge is 0.481 e. The maximum absolute atomic E-state index is 11.8. The maximum Gasteiger partial charge on any atom is 0.310 e. The van der Waals surface area contributed by atoms with Crippen molar-refractivity contribution in [2.24, 2.45) is 5.41 Å². The van der Waals surface area contributed by atoms with Crippen LogP contribution in [0, 0.1) is 5.41 Å². The Morgan fingerprint density at radius 3 is 2.52 bits per heavy atom. The lowest BCUT2D eigenvalue weighted by Crippen LogP contribution is -2.47. The van der Waals surface area contributed by atoms with Gasteiger partial charge in [-0.1, -0.05) is 19.3 Å². The molecule has 2 heterocycles. The van der Waals surface area contributed by atoms with Gasteiger partial charge in [-0.25, -0.2) is 0 Å². The van der Waals surface area contributed by atoms with Gasteiger partial charge >= 0.3 is 5.97 Å². The lowest BCUT2D eigenvalue weighted by Gasteiger charge is -2.37. The van der Waals surface area contributed by atoms with Crippen LogP contribution in [0.5, 0.6) is 0 Å². The van der Waals surface area contributed by atoms with E-state index in [4.69, 9.17) is 4.74 Å². The van der Waals surface area contributed by atoms with Gasteiger partial charge in [0.1, 0.15) is 0 Å². The van der Waals surface area contributed by atoms with E-state index < -0.39 is 11.4 Å². The minimum Gasteiger partial charge on any atom is -0.481 e. The molecule has 1 aliphatic carbocycles. The zero-order chi connectivity index (χ0) is 14.7. The van der Waals surface area contributed by atoms with Gasteiger partial charge in [0.05, 0.1) is 18.6 Å². The normalized spacial score (nSPS) is 31.3. The number of rotatable bonds is 4. The fourth-order valence-electron chi connectivity index (χ4n) is 4.29. The van der Waals surface area contributed by atoms with E-state index in [-0.39, 0.29) is 0 Å². The van der Waals surface area contributed by atoms with Crippen molar-refractivity contribution in [2.75, 3.05) is 45.9 Å². The molecule has 0 bridgehead atoms. The summed E-state index contributed by atoms with van der Waals surface area (Å²) in [6.45, 7) is 6.59. The van der Waals surface area contributed by atoms with E-state index in [1.807, 2.05) is 0 Å². The summed E-state index contributed by atoms with van der Waals surface area (Å²) in [6.07, 6.45) is 6.25. The number of aliphatic carboxylic acids is 1. The molecule has 3 fully saturated rings. The SMILES string of the molecule is O=C(O)C1(CN2CCC(N3CCOCC3)C2)CCCCC1. The molecule has 0 aromatic heterocycles. The van der Waals surface area contributed by atoms with E-state index in [9.17, 15) is 9.90 Å². The van der Waals surface area contributed by atoms with Crippen molar-refractivity contribution in [1.29, 1.82) is 0 Å². The lowest BCUT2D eigenvalue weighted by molar-refractivity contribution is -0.152. The molecule has 3 aliphatic rings. The fourth-order valence-corrected chi connectivity index (χ4v) is 4.29. The van der Waals surface area contributed by atoms with Crippen LogP contribution >= 0.6 is 0 Å². The zero-order valence-corrected chi connectivity index (χ0v) is 12.9. The maximum atomic E-state index is 11.8. The highest BCUT2D eigenvalue weighted by Gasteiger charge is 2.42. The molecule has 5 heteroatoms. The summed E-state index contributed by atoms with van der Waals surface area (Å²) in [5.41, 5.74) is -0.474. The standard InChI is InChI=1S/C16H28N2O3/c19-15(20)16(5-2-1-3-6-16)13-17-7-4-14(12-17)18-8-10-21-11-9-18/h14H,1-13H2,(H,19,20). The molecule has 0 aromatic rings. The molecule has 21 heavy (non-hydrogen) atoms. The lowest BCUT2D eigenvalue weighted by atomic mass is 9.73. The molecule has 3 rings (SSSR count). The molecule has 1 N–H and O–H groups in total. The summed E-state index contributed by atoms with van der Waals surface area (Å²) < 4.78 is 5.42. The van der Waals surface area contributed by atoms with Crippen LogP contribution in [0.3, 0.4) is 0 Å². The fraction of sp³-hybridized carbons (Fsp3) is 0.938. The van der Waals surface area contributed by atoms with Crippen LogP contribution in [0.15, 0.2) is 0 Å². The van der Waals surface area contributed by atoms with Gasteiger partial charge in [-0.15, -0.1) is 0 Å². The second-order valence-corrected chi connectivity index (χ2v) is 6.97. The summed E-state index contributed by atoms with van der Waals surface area (Å²) in [7, 11) is 0. The predicted octanol–water partition coefficient (Wildman–Crippen LogP) is 1.43. The van der Waals surface area contributed by atoms with Crippen molar-refractivity contribution < 1.29 is 14.6 Å². The molecular formula is C16H28N2O3. The molecule has 2 saturated heterocycles. The van der Waals surface area contributed by atoms with E-state index in [0.717, 1.165) is 71.6 Å². The van der Waals surface area contributed by atoms with E-state index in [0.29, 0.717) is 6.04 Å². The van der Waals surface area contributed by atoms with Crippen LogP contribution in [0.2, 0.25) is 0 Å². The quantitative estimate of drug-likeness (QED) is 0.850. The second-order valence-electron chi connectivity index (χ2n) is 6.97. The third-order valence-corrected chi connectivity index (χ3v) is 5.60. The number of carbonyl (C=O) groups is 1. The summed E-state index contributed by atoms with van der Waals surface area (Å²) in [4.78, 5) is 16.7. The highest BCUT2D eigenvalue weighted by atomic mass is 16.5. The molecule has 1 unspecified atom stereocenters. The number of hydrogen-bond donors (Lipinski definition) is 1. The van der Waals surface area contributed by atoms with Crippen LogP contribution in [0.4, 0.5) is 0 Å². The first-order valence-electron chi connectivity index (χ1n) is 8.47. The Hall–Kier alpha value is -0.650. The first-order valence-corrected chi connectivity index (χ1v) is 8.47. The summed E-state index contributed by atoms with van der Waals surface area (Å²) >= 11 is 0. The van der Waals surface area contributed by atoms with Gasteiger partial charge in [0.15, 0.2) is 0 Å². The Labute approximate surface area is 127 Å². The average molecular weight is 296 g/mol. The zero-order valence-electron chi connectivity index (χ0n) is 12.9. The monoisotopic (exact) mass is 296 g/mol. The van der Waals surface area contributed by atoms with Crippen LogP contribution in [-0.4, -0.2) is 72.9 Å². The van der Waals surface area contributed by atoms with Crippen LogP contribution in [0.25, 0.3) is 0 Å². The Balaban J connectivity index is 1.56. The molecule has 0 radical (unpaired) electrons. The number of morpholine rings is 1. The highest BCUT2D eigenvalue weighted by Crippen LogP contribution is 2.38. The number of ether oxygens (including phenoxy) is 1. The van der Waals surface area contributed by atoms with Crippen LogP contribution in [-0.2, 0) is 9.53 Å². The molecule has 0 amide bonds. The van der Waals surface area contributed by atoms with Gasteiger partial charge in [0, 0.05) is 32.2 Å². The number of nitrogens with zero attached hydrogens (tertiary/aromatic N) is 2. The van der Waals surface area contributed by atoms with Gasteiger partial charge in [-0.2, -0.15) is 0 Å². The van der Waals surface area contributed by atoms with Gasteiger partial charge < -0.3 is 14.7 Å². The van der Waals surface area contributed by atoms with Crippen LogP contribution < -0.4 is 0 Å². The number of carboxylic acid groups (broad SMARTS) is 1. The predicted molar refractivity (Wildman–Crippen MR) is 80.4 cm³/mol. The Bertz CT molecular complexity index is 363. The first-order chi connectivity index (χ1) is 10.2. The minimum atomic E-state index is -0.572. The topological polar surface area (TPSA) is 53.0 Å². The van der Waals surface area contributed by atoms with Crippen molar-refractivity contribution in [1.82, 2.24) is 9.80 Å². The molecule has 120 valence electrons. The van der Waals surface area contributed by atoms with Crippen molar-refractivity contribution >= 4 is 5.97 Å². The average Bonchev–Trinajstić information content (AvgIpc) is 2.97. The first kappa shape index (κ1) is 15.3.